The molecule has 32 heavy (non-hydrogen) atoms. The van der Waals surface area contributed by atoms with Crippen LogP contribution in [0.5, 0.6) is 0 Å². The lowest BCUT2D eigenvalue weighted by atomic mass is 10.0. The predicted octanol–water partition coefficient (Wildman–Crippen LogP) is 2.02. The number of hydrogen-bond acceptors (Lipinski definition) is 5. The molecule has 0 bridgehead atoms. The van der Waals surface area contributed by atoms with Gasteiger partial charge in [0.25, 0.3) is 0 Å². The van der Waals surface area contributed by atoms with Crippen LogP contribution in [0.2, 0.25) is 0 Å². The van der Waals surface area contributed by atoms with Gasteiger partial charge >= 0.3 is 0 Å². The second-order valence-electron chi connectivity index (χ2n) is 8.47. The van der Waals surface area contributed by atoms with E-state index in [9.17, 15) is 18.0 Å². The van der Waals surface area contributed by atoms with E-state index in [0.717, 1.165) is 44.5 Å². The lowest BCUT2D eigenvalue weighted by molar-refractivity contribution is -0.121. The average Bonchev–Trinajstić information content (AvgIpc) is 2.77. The van der Waals surface area contributed by atoms with Gasteiger partial charge in [-0.1, -0.05) is 42.5 Å². The summed E-state index contributed by atoms with van der Waals surface area (Å²) in [5.74, 6) is -0.756. The zero-order valence-corrected chi connectivity index (χ0v) is 18.9. The molecule has 0 unspecified atom stereocenters. The number of nitrogens with zero attached hydrogens (tertiary/aromatic N) is 2. The van der Waals surface area contributed by atoms with Gasteiger partial charge in [0, 0.05) is 25.7 Å². The maximum absolute atomic E-state index is 12.4. The third-order valence-electron chi connectivity index (χ3n) is 6.12. The highest BCUT2D eigenvalue weighted by Gasteiger charge is 2.34. The molecule has 0 radical (unpaired) electrons. The Labute approximate surface area is 189 Å². The van der Waals surface area contributed by atoms with Crippen LogP contribution in [0.1, 0.15) is 24.8 Å². The highest BCUT2D eigenvalue weighted by atomic mass is 32.2. The Hall–Kier alpha value is -2.71. The highest BCUT2D eigenvalue weighted by Crippen LogP contribution is 2.30. The first-order chi connectivity index (χ1) is 15.4. The molecule has 0 atom stereocenters. The quantitative estimate of drug-likeness (QED) is 0.690. The monoisotopic (exact) mass is 455 g/mol. The van der Waals surface area contributed by atoms with Crippen molar-refractivity contribution in [3.63, 3.8) is 0 Å². The molecule has 2 aromatic carbocycles. The molecule has 0 aromatic heterocycles. The number of anilines is 1. The molecule has 170 valence electrons. The third kappa shape index (κ3) is 5.37. The maximum Gasteiger partial charge on any atom is 0.242 e. The number of carbonyl (C=O) groups is 2. The topological polar surface area (TPSA) is 86.8 Å². The Morgan fingerprint density at radius 2 is 1.66 bits per heavy atom. The number of carbonyl (C=O) groups excluding carboxylic acids is 2. The molecular weight excluding hydrogens is 426 g/mol. The maximum atomic E-state index is 12.4. The second kappa shape index (κ2) is 9.83. The molecule has 0 saturated carbocycles. The normalized spacial score (nSPS) is 18.9. The third-order valence-corrected chi connectivity index (χ3v) is 7.76. The van der Waals surface area contributed by atoms with Crippen molar-refractivity contribution in [3.05, 3.63) is 60.2 Å². The number of para-hydroxylation sites is 1. The van der Waals surface area contributed by atoms with Gasteiger partial charge in [0.1, 0.15) is 5.75 Å². The smallest absolute Gasteiger partial charge is 0.242 e. The van der Waals surface area contributed by atoms with Gasteiger partial charge in [-0.25, -0.2) is 8.42 Å². The summed E-state index contributed by atoms with van der Waals surface area (Å²) >= 11 is 0. The Kier molecular flexibility index (Phi) is 6.91. The number of likely N-dealkylation sites (tertiary alicyclic amines) is 1. The van der Waals surface area contributed by atoms with Crippen LogP contribution in [0, 0.1) is 0 Å². The molecule has 2 aromatic rings. The van der Waals surface area contributed by atoms with Crippen molar-refractivity contribution < 1.29 is 18.0 Å². The first-order valence-corrected chi connectivity index (χ1v) is 12.8. The standard InChI is InChI=1S/C24H29N3O4S/c28-23(17-19-7-2-1-3-8-19)25-20-11-15-26(16-12-20)13-6-14-27-21-9-4-5-10-22(21)32(30,31)18-24(27)29/h1-5,7-10,20H,6,11-18H2,(H,25,28). The van der Waals surface area contributed by atoms with E-state index in [2.05, 4.69) is 10.2 Å². The Bertz CT molecular complexity index is 1060. The van der Waals surface area contributed by atoms with E-state index in [-0.39, 0.29) is 22.8 Å². The lowest BCUT2D eigenvalue weighted by Crippen LogP contribution is -2.46. The molecule has 1 N–H and O–H groups in total. The first-order valence-electron chi connectivity index (χ1n) is 11.1. The summed E-state index contributed by atoms with van der Waals surface area (Å²) < 4.78 is 24.5. The summed E-state index contributed by atoms with van der Waals surface area (Å²) in [6.07, 6.45) is 2.99. The van der Waals surface area contributed by atoms with Crippen LogP contribution in [0.4, 0.5) is 5.69 Å². The van der Waals surface area contributed by atoms with E-state index in [1.54, 1.807) is 29.2 Å². The number of benzene rings is 2. The molecule has 8 heteroatoms. The first kappa shape index (κ1) is 22.5. The summed E-state index contributed by atoms with van der Waals surface area (Å²) in [4.78, 5) is 28.9. The van der Waals surface area contributed by atoms with Crippen molar-refractivity contribution in [2.75, 3.05) is 36.8 Å². The predicted molar refractivity (Wildman–Crippen MR) is 123 cm³/mol. The minimum Gasteiger partial charge on any atom is -0.353 e. The molecule has 2 amide bonds. The molecule has 7 nitrogen and oxygen atoms in total. The van der Waals surface area contributed by atoms with Crippen molar-refractivity contribution in [3.8, 4) is 0 Å². The number of fused-ring (bicyclic) bond motifs is 1. The van der Waals surface area contributed by atoms with Crippen molar-refractivity contribution in [2.45, 2.75) is 36.6 Å². The largest absolute Gasteiger partial charge is 0.353 e. The van der Waals surface area contributed by atoms with Gasteiger partial charge in [-0.2, -0.15) is 0 Å². The number of hydrogen-bond donors (Lipinski definition) is 1. The molecule has 0 spiro atoms. The fraction of sp³-hybridized carbons (Fsp3) is 0.417. The van der Waals surface area contributed by atoms with Gasteiger partial charge in [-0.15, -0.1) is 0 Å². The molecular formula is C24H29N3O4S. The summed E-state index contributed by atoms with van der Waals surface area (Å²) in [6, 6.07) is 16.7. The minimum absolute atomic E-state index is 0.0619. The number of nitrogens with one attached hydrogen (secondary N) is 1. The summed E-state index contributed by atoms with van der Waals surface area (Å²) in [7, 11) is -3.54. The van der Waals surface area contributed by atoms with E-state index in [1.165, 1.54) is 0 Å². The van der Waals surface area contributed by atoms with Crippen molar-refractivity contribution in [2.24, 2.45) is 0 Å². The fourth-order valence-corrected chi connectivity index (χ4v) is 5.87. The van der Waals surface area contributed by atoms with Crippen LogP contribution >= 0.6 is 0 Å². The zero-order chi connectivity index (χ0) is 22.6. The fourth-order valence-electron chi connectivity index (χ4n) is 4.45. The Balaban J connectivity index is 1.22. The van der Waals surface area contributed by atoms with E-state index < -0.39 is 15.6 Å². The van der Waals surface area contributed by atoms with E-state index in [0.29, 0.717) is 18.7 Å². The zero-order valence-electron chi connectivity index (χ0n) is 18.1. The molecule has 2 aliphatic rings. The molecule has 4 rings (SSSR count). The molecule has 1 fully saturated rings. The minimum atomic E-state index is -3.54. The van der Waals surface area contributed by atoms with Gasteiger partial charge < -0.3 is 15.1 Å². The van der Waals surface area contributed by atoms with E-state index >= 15 is 0 Å². The van der Waals surface area contributed by atoms with Crippen LogP contribution in [-0.4, -0.2) is 63.1 Å². The van der Waals surface area contributed by atoms with Gasteiger partial charge in [0.2, 0.25) is 11.8 Å². The number of amides is 2. The van der Waals surface area contributed by atoms with Crippen LogP contribution in [0.15, 0.2) is 59.5 Å². The lowest BCUT2D eigenvalue weighted by Gasteiger charge is -2.33. The average molecular weight is 456 g/mol. The van der Waals surface area contributed by atoms with Gasteiger partial charge in [-0.3, -0.25) is 9.59 Å². The molecule has 0 aliphatic carbocycles. The summed E-state index contributed by atoms with van der Waals surface area (Å²) in [6.45, 7) is 3.13. The second-order valence-corrected chi connectivity index (χ2v) is 10.4. The molecule has 2 aliphatic heterocycles. The summed E-state index contributed by atoms with van der Waals surface area (Å²) in [5, 5.41) is 3.14. The van der Waals surface area contributed by atoms with Gasteiger partial charge in [0.15, 0.2) is 9.84 Å². The van der Waals surface area contributed by atoms with Crippen LogP contribution in [-0.2, 0) is 25.8 Å². The van der Waals surface area contributed by atoms with Crippen molar-refractivity contribution >= 4 is 27.3 Å². The summed E-state index contributed by atoms with van der Waals surface area (Å²) in [5.41, 5.74) is 1.51. The number of rotatable bonds is 7. The number of sulfone groups is 1. The highest BCUT2D eigenvalue weighted by molar-refractivity contribution is 7.92. The number of piperidine rings is 1. The van der Waals surface area contributed by atoms with Crippen LogP contribution in [0.3, 0.4) is 0 Å². The SMILES string of the molecule is O=C(Cc1ccccc1)NC1CCN(CCCN2C(=O)CS(=O)(=O)c3ccccc32)CC1. The van der Waals surface area contributed by atoms with Crippen molar-refractivity contribution in [1.82, 2.24) is 10.2 Å². The molecule has 2 heterocycles. The molecule has 1 saturated heterocycles. The van der Waals surface area contributed by atoms with Crippen LogP contribution < -0.4 is 10.2 Å². The van der Waals surface area contributed by atoms with E-state index in [1.807, 2.05) is 30.3 Å². The van der Waals surface area contributed by atoms with Crippen LogP contribution in [0.25, 0.3) is 0 Å². The van der Waals surface area contributed by atoms with Crippen molar-refractivity contribution in [1.29, 1.82) is 0 Å². The van der Waals surface area contributed by atoms with E-state index in [4.69, 9.17) is 0 Å². The Morgan fingerprint density at radius 1 is 0.969 bits per heavy atom. The Morgan fingerprint density at radius 3 is 2.41 bits per heavy atom. The van der Waals surface area contributed by atoms with Gasteiger partial charge in [0.05, 0.1) is 17.0 Å². The van der Waals surface area contributed by atoms with Gasteiger partial charge in [-0.05, 0) is 43.5 Å².